The molecule has 0 aromatic heterocycles. The Morgan fingerprint density at radius 1 is 0.879 bits per heavy atom. The van der Waals surface area contributed by atoms with Crippen molar-refractivity contribution in [2.75, 3.05) is 11.5 Å². The molecule has 4 rings (SSSR count). The Kier molecular flexibility index (Phi) is 7.99. The summed E-state index contributed by atoms with van der Waals surface area (Å²) in [5.41, 5.74) is 2.58. The summed E-state index contributed by atoms with van der Waals surface area (Å²) in [5, 5.41) is 0.649. The van der Waals surface area contributed by atoms with Crippen LogP contribution in [0.1, 0.15) is 38.2 Å². The number of hydrogen-bond acceptors (Lipinski definition) is 4. The van der Waals surface area contributed by atoms with Crippen LogP contribution in [0.4, 0.5) is 11.4 Å². The number of amidine groups is 1. The van der Waals surface area contributed by atoms with Gasteiger partial charge in [-0.3, -0.25) is 9.69 Å². The SMILES string of the molecule is CCCCCCOc1ccc(C=C2SC(=Nc3ccccc3)N(c3ccccc3)C2=O)cc1. The first-order chi connectivity index (χ1) is 16.2. The van der Waals surface area contributed by atoms with Crippen LogP contribution in [0.2, 0.25) is 0 Å². The molecule has 4 nitrogen and oxygen atoms in total. The number of nitrogens with zero attached hydrogens (tertiary/aromatic N) is 2. The molecule has 1 saturated heterocycles. The van der Waals surface area contributed by atoms with Crippen LogP contribution in [-0.2, 0) is 4.79 Å². The van der Waals surface area contributed by atoms with Crippen molar-refractivity contribution < 1.29 is 9.53 Å². The number of anilines is 1. The van der Waals surface area contributed by atoms with E-state index in [1.807, 2.05) is 91.0 Å². The van der Waals surface area contributed by atoms with Crippen molar-refractivity contribution in [3.05, 3.63) is 95.4 Å². The van der Waals surface area contributed by atoms with E-state index in [4.69, 9.17) is 9.73 Å². The molecule has 5 heteroatoms. The standard InChI is InChI=1S/C28H28N2O2S/c1-2-3-4-11-20-32-25-18-16-22(17-19-25)21-26-27(31)30(24-14-9-6-10-15-24)28(33-26)29-23-12-7-5-8-13-23/h5-10,12-19,21H,2-4,11,20H2,1H3. The second-order valence-electron chi connectivity index (χ2n) is 7.79. The third-order valence-electron chi connectivity index (χ3n) is 5.25. The van der Waals surface area contributed by atoms with Crippen molar-refractivity contribution in [1.82, 2.24) is 0 Å². The van der Waals surface area contributed by atoms with Gasteiger partial charge in [0.25, 0.3) is 5.91 Å². The molecule has 0 radical (unpaired) electrons. The highest BCUT2D eigenvalue weighted by Gasteiger charge is 2.34. The molecule has 0 bridgehead atoms. The molecule has 33 heavy (non-hydrogen) atoms. The molecular weight excluding hydrogens is 428 g/mol. The van der Waals surface area contributed by atoms with Crippen LogP contribution in [0, 0.1) is 0 Å². The Morgan fingerprint density at radius 3 is 2.27 bits per heavy atom. The zero-order chi connectivity index (χ0) is 22.9. The average Bonchev–Trinajstić information content (AvgIpc) is 3.15. The van der Waals surface area contributed by atoms with E-state index in [1.54, 1.807) is 4.90 Å². The number of benzene rings is 3. The van der Waals surface area contributed by atoms with Gasteiger partial charge in [-0.2, -0.15) is 0 Å². The Hall–Kier alpha value is -3.31. The quantitative estimate of drug-likeness (QED) is 0.248. The van der Waals surface area contributed by atoms with E-state index >= 15 is 0 Å². The van der Waals surface area contributed by atoms with Gasteiger partial charge < -0.3 is 4.74 Å². The number of rotatable bonds is 9. The zero-order valence-electron chi connectivity index (χ0n) is 18.8. The van der Waals surface area contributed by atoms with E-state index in [-0.39, 0.29) is 5.91 Å². The smallest absolute Gasteiger partial charge is 0.271 e. The summed E-state index contributed by atoms with van der Waals surface area (Å²) >= 11 is 1.39. The lowest BCUT2D eigenvalue weighted by molar-refractivity contribution is -0.113. The molecule has 1 heterocycles. The number of thioether (sulfide) groups is 1. The van der Waals surface area contributed by atoms with Crippen LogP contribution in [0.15, 0.2) is 94.8 Å². The summed E-state index contributed by atoms with van der Waals surface area (Å²) in [5.74, 6) is 0.786. The first-order valence-corrected chi connectivity index (χ1v) is 12.2. The Bertz CT molecular complexity index is 1110. The van der Waals surface area contributed by atoms with Gasteiger partial charge in [0.1, 0.15) is 5.75 Å². The minimum Gasteiger partial charge on any atom is -0.494 e. The lowest BCUT2D eigenvalue weighted by Crippen LogP contribution is -2.28. The molecule has 1 fully saturated rings. The Morgan fingerprint density at radius 2 is 1.58 bits per heavy atom. The van der Waals surface area contributed by atoms with E-state index in [1.165, 1.54) is 31.0 Å². The van der Waals surface area contributed by atoms with E-state index in [0.29, 0.717) is 10.1 Å². The monoisotopic (exact) mass is 456 g/mol. The zero-order valence-corrected chi connectivity index (χ0v) is 19.6. The number of unbranched alkanes of at least 4 members (excludes halogenated alkanes) is 3. The molecule has 0 saturated carbocycles. The molecule has 3 aromatic carbocycles. The van der Waals surface area contributed by atoms with Gasteiger partial charge >= 0.3 is 0 Å². The van der Waals surface area contributed by atoms with Gasteiger partial charge in [0.05, 0.1) is 22.9 Å². The van der Waals surface area contributed by atoms with Crippen molar-refractivity contribution in [2.24, 2.45) is 4.99 Å². The highest BCUT2D eigenvalue weighted by molar-refractivity contribution is 8.19. The fraction of sp³-hybridized carbons (Fsp3) is 0.214. The lowest BCUT2D eigenvalue weighted by Gasteiger charge is -2.15. The summed E-state index contributed by atoms with van der Waals surface area (Å²) in [7, 11) is 0. The van der Waals surface area contributed by atoms with Crippen LogP contribution < -0.4 is 9.64 Å². The Balaban J connectivity index is 1.53. The largest absolute Gasteiger partial charge is 0.494 e. The third kappa shape index (κ3) is 6.14. The molecule has 1 aliphatic rings. The van der Waals surface area contributed by atoms with Gasteiger partial charge in [0, 0.05) is 0 Å². The molecule has 0 unspecified atom stereocenters. The second kappa shape index (κ2) is 11.5. The predicted molar refractivity (Wildman–Crippen MR) is 139 cm³/mol. The van der Waals surface area contributed by atoms with E-state index in [2.05, 4.69) is 6.92 Å². The molecular formula is C28H28N2O2S. The highest BCUT2D eigenvalue weighted by Crippen LogP contribution is 2.37. The summed E-state index contributed by atoms with van der Waals surface area (Å²) in [6.07, 6.45) is 6.66. The summed E-state index contributed by atoms with van der Waals surface area (Å²) in [6, 6.07) is 27.3. The van der Waals surface area contributed by atoms with Crippen molar-refractivity contribution in [3.63, 3.8) is 0 Å². The van der Waals surface area contributed by atoms with Crippen molar-refractivity contribution in [3.8, 4) is 5.75 Å². The fourth-order valence-electron chi connectivity index (χ4n) is 3.50. The molecule has 1 aliphatic heterocycles. The first-order valence-electron chi connectivity index (χ1n) is 11.4. The molecule has 168 valence electrons. The van der Waals surface area contributed by atoms with Gasteiger partial charge in [-0.15, -0.1) is 0 Å². The van der Waals surface area contributed by atoms with Crippen molar-refractivity contribution in [2.45, 2.75) is 32.6 Å². The average molecular weight is 457 g/mol. The maximum Gasteiger partial charge on any atom is 0.271 e. The molecule has 0 aliphatic carbocycles. The highest BCUT2D eigenvalue weighted by atomic mass is 32.2. The number of carbonyl (C=O) groups is 1. The van der Waals surface area contributed by atoms with Crippen LogP contribution in [0.3, 0.4) is 0 Å². The van der Waals surface area contributed by atoms with Crippen LogP contribution in [0.5, 0.6) is 5.75 Å². The van der Waals surface area contributed by atoms with E-state index in [0.717, 1.165) is 35.7 Å². The van der Waals surface area contributed by atoms with Crippen molar-refractivity contribution in [1.29, 1.82) is 0 Å². The third-order valence-corrected chi connectivity index (χ3v) is 6.22. The maximum atomic E-state index is 13.3. The topological polar surface area (TPSA) is 41.9 Å². The first kappa shape index (κ1) is 22.9. The van der Waals surface area contributed by atoms with Gasteiger partial charge in [0.15, 0.2) is 5.17 Å². The fourth-order valence-corrected chi connectivity index (χ4v) is 4.50. The minimum absolute atomic E-state index is 0.0721. The number of amides is 1. The van der Waals surface area contributed by atoms with Crippen LogP contribution in [-0.4, -0.2) is 17.7 Å². The number of carbonyl (C=O) groups excluding carboxylic acids is 1. The molecule has 3 aromatic rings. The number of ether oxygens (including phenoxy) is 1. The summed E-state index contributed by atoms with van der Waals surface area (Å²) in [4.78, 5) is 20.4. The van der Waals surface area contributed by atoms with Gasteiger partial charge in [-0.05, 0) is 66.2 Å². The van der Waals surface area contributed by atoms with Gasteiger partial charge in [-0.1, -0.05) is 74.7 Å². The summed E-state index contributed by atoms with van der Waals surface area (Å²) < 4.78 is 5.84. The van der Waals surface area contributed by atoms with Gasteiger partial charge in [-0.25, -0.2) is 4.99 Å². The van der Waals surface area contributed by atoms with Crippen molar-refractivity contribution >= 4 is 40.3 Å². The minimum atomic E-state index is -0.0721. The second-order valence-corrected chi connectivity index (χ2v) is 8.80. The molecule has 0 atom stereocenters. The lowest BCUT2D eigenvalue weighted by atomic mass is 10.2. The maximum absolute atomic E-state index is 13.3. The normalized spacial score (nSPS) is 16.0. The molecule has 1 amide bonds. The predicted octanol–water partition coefficient (Wildman–Crippen LogP) is 7.45. The van der Waals surface area contributed by atoms with E-state index < -0.39 is 0 Å². The van der Waals surface area contributed by atoms with Crippen LogP contribution in [0.25, 0.3) is 6.08 Å². The Labute approximate surface area is 200 Å². The van der Waals surface area contributed by atoms with Gasteiger partial charge in [0.2, 0.25) is 0 Å². The molecule has 0 spiro atoms. The molecule has 0 N–H and O–H groups in total. The number of para-hydroxylation sites is 2. The van der Waals surface area contributed by atoms with E-state index in [9.17, 15) is 4.79 Å². The number of aliphatic imine (C=N–C) groups is 1. The van der Waals surface area contributed by atoms with Crippen LogP contribution >= 0.6 is 11.8 Å². The summed E-state index contributed by atoms with van der Waals surface area (Å²) in [6.45, 7) is 2.94. The number of hydrogen-bond donors (Lipinski definition) is 0.